The lowest BCUT2D eigenvalue weighted by Crippen LogP contribution is -2.58. The number of carbonyl (C=O) groups is 4. The maximum absolute atomic E-state index is 13.1. The van der Waals surface area contributed by atoms with Crippen molar-refractivity contribution in [1.29, 1.82) is 0 Å². The Labute approximate surface area is 219 Å². The highest BCUT2D eigenvalue weighted by atomic mass is 32.1. The maximum atomic E-state index is 13.1. The van der Waals surface area contributed by atoms with Gasteiger partial charge < -0.3 is 31.9 Å². The Balaban J connectivity index is 2.13. The van der Waals surface area contributed by atoms with Crippen molar-refractivity contribution in [3.8, 4) is 5.75 Å². The molecule has 0 radical (unpaired) electrons. The third-order valence-corrected chi connectivity index (χ3v) is 5.99. The van der Waals surface area contributed by atoms with E-state index in [0.717, 1.165) is 11.1 Å². The Morgan fingerprint density at radius 1 is 0.722 bits per heavy atom. The highest BCUT2D eigenvalue weighted by molar-refractivity contribution is 7.80. The molecule has 0 aliphatic carbocycles. The van der Waals surface area contributed by atoms with Gasteiger partial charge in [-0.05, 0) is 29.7 Å². The van der Waals surface area contributed by atoms with Gasteiger partial charge in [-0.3, -0.25) is 14.4 Å². The SMILES string of the molecule is NC(Cc1ccc(O)cc1)C(=O)NC(Cc1ccccc1)C(=O)NC(CS)C(=O)NC(CS)C(=O)O. The van der Waals surface area contributed by atoms with E-state index in [-0.39, 0.29) is 30.1 Å². The fourth-order valence-corrected chi connectivity index (χ4v) is 3.75. The molecule has 10 nitrogen and oxygen atoms in total. The molecule has 0 aliphatic heterocycles. The molecule has 0 saturated carbocycles. The van der Waals surface area contributed by atoms with E-state index in [9.17, 15) is 24.3 Å². The lowest BCUT2D eigenvalue weighted by molar-refractivity contribution is -0.141. The molecule has 0 fully saturated rings. The number of hydrogen-bond acceptors (Lipinski definition) is 8. The largest absolute Gasteiger partial charge is 0.508 e. The first kappa shape index (κ1) is 29.0. The molecule has 2 rings (SSSR count). The molecule has 194 valence electrons. The van der Waals surface area contributed by atoms with Crippen LogP contribution in [0.5, 0.6) is 5.75 Å². The van der Waals surface area contributed by atoms with E-state index in [2.05, 4.69) is 41.2 Å². The van der Waals surface area contributed by atoms with Crippen LogP contribution in [0.15, 0.2) is 54.6 Å². The summed E-state index contributed by atoms with van der Waals surface area (Å²) >= 11 is 8.01. The minimum Gasteiger partial charge on any atom is -0.508 e. The van der Waals surface area contributed by atoms with Crippen molar-refractivity contribution in [2.24, 2.45) is 5.73 Å². The van der Waals surface area contributed by atoms with Crippen molar-refractivity contribution in [3.63, 3.8) is 0 Å². The van der Waals surface area contributed by atoms with Crippen molar-refractivity contribution in [1.82, 2.24) is 16.0 Å². The number of phenols is 1. The average Bonchev–Trinajstić information content (AvgIpc) is 2.86. The number of carboxylic acid groups (broad SMARTS) is 1. The zero-order valence-corrected chi connectivity index (χ0v) is 21.1. The third-order valence-electron chi connectivity index (χ3n) is 5.26. The topological polar surface area (TPSA) is 171 Å². The minimum absolute atomic E-state index is 0.0863. The van der Waals surface area contributed by atoms with Gasteiger partial charge in [0.1, 0.15) is 23.9 Å². The van der Waals surface area contributed by atoms with Crippen LogP contribution in [0, 0.1) is 0 Å². The number of phenolic OH excluding ortho intramolecular Hbond substituents is 1. The van der Waals surface area contributed by atoms with Crippen molar-refractivity contribution >= 4 is 48.9 Å². The molecular weight excluding hydrogens is 504 g/mol. The average molecular weight is 535 g/mol. The molecule has 3 amide bonds. The quantitative estimate of drug-likeness (QED) is 0.166. The van der Waals surface area contributed by atoms with Gasteiger partial charge in [0.15, 0.2) is 0 Å². The number of carbonyl (C=O) groups excluding carboxylic acids is 3. The number of nitrogens with one attached hydrogen (secondary N) is 3. The number of nitrogens with two attached hydrogens (primary N) is 1. The Hall–Kier alpha value is -3.22. The highest BCUT2D eigenvalue weighted by Crippen LogP contribution is 2.11. The second kappa shape index (κ2) is 14.4. The molecule has 0 aliphatic rings. The van der Waals surface area contributed by atoms with E-state index in [1.807, 2.05) is 6.07 Å². The molecule has 4 atom stereocenters. The van der Waals surface area contributed by atoms with Gasteiger partial charge in [0.25, 0.3) is 0 Å². The van der Waals surface area contributed by atoms with Gasteiger partial charge in [0.2, 0.25) is 17.7 Å². The zero-order valence-electron chi connectivity index (χ0n) is 19.3. The molecule has 2 aromatic rings. The summed E-state index contributed by atoms with van der Waals surface area (Å²) in [5.74, 6) is -3.40. The lowest BCUT2D eigenvalue weighted by atomic mass is 10.0. The zero-order chi connectivity index (χ0) is 26.7. The highest BCUT2D eigenvalue weighted by Gasteiger charge is 2.29. The Kier molecular flexibility index (Phi) is 11.6. The van der Waals surface area contributed by atoms with Crippen LogP contribution in [0.4, 0.5) is 0 Å². The van der Waals surface area contributed by atoms with Crippen molar-refractivity contribution in [2.45, 2.75) is 37.0 Å². The predicted molar refractivity (Wildman–Crippen MR) is 141 cm³/mol. The molecule has 0 bridgehead atoms. The minimum atomic E-state index is -1.26. The molecule has 2 aromatic carbocycles. The van der Waals surface area contributed by atoms with Crippen LogP contribution in [0.2, 0.25) is 0 Å². The third kappa shape index (κ3) is 9.10. The molecule has 0 spiro atoms. The summed E-state index contributed by atoms with van der Waals surface area (Å²) in [7, 11) is 0. The normalized spacial score (nSPS) is 14.1. The summed E-state index contributed by atoms with van der Waals surface area (Å²) in [6.45, 7) is 0. The van der Waals surface area contributed by atoms with Crippen LogP contribution in [-0.4, -0.2) is 69.6 Å². The van der Waals surface area contributed by atoms with Crippen molar-refractivity contribution in [3.05, 3.63) is 65.7 Å². The first-order valence-electron chi connectivity index (χ1n) is 11.1. The fourth-order valence-electron chi connectivity index (χ4n) is 3.24. The molecular formula is C24H30N4O6S2. The second-order valence-corrected chi connectivity index (χ2v) is 8.78. The number of amides is 3. The van der Waals surface area contributed by atoms with Crippen molar-refractivity contribution in [2.75, 3.05) is 11.5 Å². The summed E-state index contributed by atoms with van der Waals surface area (Å²) < 4.78 is 0. The van der Waals surface area contributed by atoms with Crippen LogP contribution >= 0.6 is 25.3 Å². The molecule has 0 heterocycles. The van der Waals surface area contributed by atoms with Crippen LogP contribution in [0.25, 0.3) is 0 Å². The van der Waals surface area contributed by atoms with Gasteiger partial charge in [-0.15, -0.1) is 0 Å². The van der Waals surface area contributed by atoms with Gasteiger partial charge >= 0.3 is 5.97 Å². The number of benzene rings is 2. The summed E-state index contributed by atoms with van der Waals surface area (Å²) in [6.07, 6.45) is 0.299. The van der Waals surface area contributed by atoms with E-state index in [1.165, 1.54) is 12.1 Å². The van der Waals surface area contributed by atoms with E-state index < -0.39 is 47.9 Å². The van der Waals surface area contributed by atoms with E-state index in [0.29, 0.717) is 0 Å². The number of aliphatic carboxylic acids is 1. The number of hydrogen-bond donors (Lipinski definition) is 8. The van der Waals surface area contributed by atoms with Crippen LogP contribution < -0.4 is 21.7 Å². The molecule has 12 heteroatoms. The van der Waals surface area contributed by atoms with Gasteiger partial charge in [0.05, 0.1) is 6.04 Å². The summed E-state index contributed by atoms with van der Waals surface area (Å²) in [4.78, 5) is 49.7. The molecule has 4 unspecified atom stereocenters. The van der Waals surface area contributed by atoms with Gasteiger partial charge in [-0.2, -0.15) is 25.3 Å². The second-order valence-electron chi connectivity index (χ2n) is 8.05. The van der Waals surface area contributed by atoms with Crippen LogP contribution in [-0.2, 0) is 32.0 Å². The van der Waals surface area contributed by atoms with E-state index in [1.54, 1.807) is 36.4 Å². The van der Waals surface area contributed by atoms with Gasteiger partial charge in [-0.1, -0.05) is 42.5 Å². The van der Waals surface area contributed by atoms with Crippen LogP contribution in [0.3, 0.4) is 0 Å². The summed E-state index contributed by atoms with van der Waals surface area (Å²) in [5.41, 5.74) is 7.55. The number of rotatable bonds is 13. The van der Waals surface area contributed by atoms with Gasteiger partial charge in [0, 0.05) is 17.9 Å². The standard InChI is InChI=1S/C24H30N4O6S2/c25-17(10-15-6-8-16(29)9-7-15)21(30)26-18(11-14-4-2-1-3-5-14)22(31)27-19(12-35)23(32)28-20(13-36)24(33)34/h1-9,17-20,29,35-36H,10-13,25H2,(H,26,30)(H,27,31)(H,28,32)(H,33,34). The molecule has 0 saturated heterocycles. The first-order chi connectivity index (χ1) is 17.1. The lowest BCUT2D eigenvalue weighted by Gasteiger charge is -2.24. The van der Waals surface area contributed by atoms with Gasteiger partial charge in [-0.25, -0.2) is 4.79 Å². The van der Waals surface area contributed by atoms with Crippen molar-refractivity contribution < 1.29 is 29.4 Å². The predicted octanol–water partition coefficient (Wildman–Crippen LogP) is -0.0967. The number of aromatic hydroxyl groups is 1. The van der Waals surface area contributed by atoms with E-state index >= 15 is 0 Å². The Morgan fingerprint density at radius 3 is 1.78 bits per heavy atom. The first-order valence-corrected chi connectivity index (χ1v) is 12.3. The molecule has 7 N–H and O–H groups in total. The summed E-state index contributed by atoms with van der Waals surface area (Å²) in [6, 6.07) is 10.8. The molecule has 36 heavy (non-hydrogen) atoms. The fraction of sp³-hybridized carbons (Fsp3) is 0.333. The van der Waals surface area contributed by atoms with E-state index in [4.69, 9.17) is 10.8 Å². The Bertz CT molecular complexity index is 1040. The van der Waals surface area contributed by atoms with Crippen LogP contribution in [0.1, 0.15) is 11.1 Å². The molecule has 0 aromatic heterocycles. The Morgan fingerprint density at radius 2 is 1.22 bits per heavy atom. The smallest absolute Gasteiger partial charge is 0.327 e. The summed E-state index contributed by atoms with van der Waals surface area (Å²) in [5, 5.41) is 26.0. The number of thiol groups is 2. The monoisotopic (exact) mass is 534 g/mol. The number of carboxylic acids is 1. The maximum Gasteiger partial charge on any atom is 0.327 e.